The quantitative estimate of drug-likeness (QED) is 0.580. The summed E-state index contributed by atoms with van der Waals surface area (Å²) >= 11 is 1.68. The third-order valence-corrected chi connectivity index (χ3v) is 3.19. The van der Waals surface area contributed by atoms with E-state index in [4.69, 9.17) is 4.74 Å². The van der Waals surface area contributed by atoms with Crippen LogP contribution in [0, 0.1) is 0 Å². The van der Waals surface area contributed by atoms with Gasteiger partial charge in [0.05, 0.1) is 12.2 Å². The molecule has 0 atom stereocenters. The van der Waals surface area contributed by atoms with Crippen LogP contribution in [0.15, 0.2) is 23.1 Å². The van der Waals surface area contributed by atoms with Gasteiger partial charge in [-0.3, -0.25) is 0 Å². The number of benzene rings is 1. The molecule has 0 bridgehead atoms. The molecule has 0 fully saturated rings. The number of hydrogen-bond donors (Lipinski definition) is 0. The van der Waals surface area contributed by atoms with E-state index in [2.05, 4.69) is 19.9 Å². The molecular formula is C13H18O2S. The molecule has 0 aliphatic carbocycles. The third kappa shape index (κ3) is 3.27. The standard InChI is InChI=1S/C13H18O2S/c1-4-10-7-8-11(13(14)15-5-2)12(9-10)16-6-3/h7-9H,4-6H2,1-3H3. The molecule has 0 aliphatic rings. The van der Waals surface area contributed by atoms with E-state index in [1.807, 2.05) is 19.1 Å². The zero-order chi connectivity index (χ0) is 12.0. The second kappa shape index (κ2) is 6.59. The van der Waals surface area contributed by atoms with Crippen LogP contribution in [-0.4, -0.2) is 18.3 Å². The van der Waals surface area contributed by atoms with E-state index < -0.39 is 0 Å². The van der Waals surface area contributed by atoms with Crippen LogP contribution in [0.25, 0.3) is 0 Å². The zero-order valence-corrected chi connectivity index (χ0v) is 10.9. The maximum atomic E-state index is 11.7. The van der Waals surface area contributed by atoms with Gasteiger partial charge in [0.25, 0.3) is 0 Å². The van der Waals surface area contributed by atoms with E-state index in [9.17, 15) is 4.79 Å². The Balaban J connectivity index is 3.01. The predicted molar refractivity (Wildman–Crippen MR) is 68.2 cm³/mol. The lowest BCUT2D eigenvalue weighted by molar-refractivity contribution is 0.0522. The van der Waals surface area contributed by atoms with Crippen molar-refractivity contribution >= 4 is 17.7 Å². The van der Waals surface area contributed by atoms with Crippen LogP contribution >= 0.6 is 11.8 Å². The van der Waals surface area contributed by atoms with Gasteiger partial charge in [-0.15, -0.1) is 11.8 Å². The number of carbonyl (C=O) groups is 1. The number of thioether (sulfide) groups is 1. The van der Waals surface area contributed by atoms with Crippen molar-refractivity contribution in [1.82, 2.24) is 0 Å². The van der Waals surface area contributed by atoms with Crippen molar-refractivity contribution in [1.29, 1.82) is 0 Å². The van der Waals surface area contributed by atoms with Crippen molar-refractivity contribution in [3.05, 3.63) is 29.3 Å². The van der Waals surface area contributed by atoms with E-state index in [-0.39, 0.29) is 5.97 Å². The molecule has 16 heavy (non-hydrogen) atoms. The fourth-order valence-corrected chi connectivity index (χ4v) is 2.29. The lowest BCUT2D eigenvalue weighted by atomic mass is 10.1. The van der Waals surface area contributed by atoms with E-state index in [0.29, 0.717) is 12.2 Å². The largest absolute Gasteiger partial charge is 0.462 e. The van der Waals surface area contributed by atoms with Crippen LogP contribution in [0.4, 0.5) is 0 Å². The van der Waals surface area contributed by atoms with Crippen molar-refractivity contribution < 1.29 is 9.53 Å². The molecule has 0 amide bonds. The van der Waals surface area contributed by atoms with Gasteiger partial charge in [0.1, 0.15) is 0 Å². The molecule has 0 N–H and O–H groups in total. The summed E-state index contributed by atoms with van der Waals surface area (Å²) in [6.07, 6.45) is 0.986. The van der Waals surface area contributed by atoms with E-state index >= 15 is 0 Å². The minimum Gasteiger partial charge on any atom is -0.462 e. The molecule has 1 aromatic rings. The molecule has 0 aromatic heterocycles. The maximum Gasteiger partial charge on any atom is 0.339 e. The summed E-state index contributed by atoms with van der Waals surface area (Å²) in [5, 5.41) is 0. The molecular weight excluding hydrogens is 220 g/mol. The van der Waals surface area contributed by atoms with Crippen LogP contribution in [0.1, 0.15) is 36.7 Å². The first-order valence-electron chi connectivity index (χ1n) is 5.65. The Bertz CT molecular complexity index is 361. The van der Waals surface area contributed by atoms with Crippen molar-refractivity contribution in [2.24, 2.45) is 0 Å². The predicted octanol–water partition coefficient (Wildman–Crippen LogP) is 3.54. The highest BCUT2D eigenvalue weighted by molar-refractivity contribution is 7.99. The number of rotatable bonds is 5. The second-order valence-corrected chi connectivity index (χ2v) is 4.64. The number of aryl methyl sites for hydroxylation is 1. The molecule has 0 spiro atoms. The molecule has 3 heteroatoms. The minimum atomic E-state index is -0.221. The van der Waals surface area contributed by atoms with Crippen LogP contribution in [0.3, 0.4) is 0 Å². The molecule has 0 heterocycles. The zero-order valence-electron chi connectivity index (χ0n) is 10.1. The van der Waals surface area contributed by atoms with Crippen LogP contribution in [-0.2, 0) is 11.2 Å². The Hall–Kier alpha value is -0.960. The second-order valence-electron chi connectivity index (χ2n) is 3.34. The average molecular weight is 238 g/mol. The first kappa shape index (κ1) is 13.1. The third-order valence-electron chi connectivity index (χ3n) is 2.25. The minimum absolute atomic E-state index is 0.221. The topological polar surface area (TPSA) is 26.3 Å². The van der Waals surface area contributed by atoms with Crippen molar-refractivity contribution in [3.63, 3.8) is 0 Å². The van der Waals surface area contributed by atoms with Crippen LogP contribution in [0.2, 0.25) is 0 Å². The van der Waals surface area contributed by atoms with Gasteiger partial charge in [-0.1, -0.05) is 19.9 Å². The normalized spacial score (nSPS) is 10.2. The van der Waals surface area contributed by atoms with Gasteiger partial charge in [-0.2, -0.15) is 0 Å². The van der Waals surface area contributed by atoms with E-state index in [1.165, 1.54) is 5.56 Å². The van der Waals surface area contributed by atoms with E-state index in [0.717, 1.165) is 17.1 Å². The summed E-state index contributed by atoms with van der Waals surface area (Å²) in [7, 11) is 0. The summed E-state index contributed by atoms with van der Waals surface area (Å²) < 4.78 is 5.04. The molecule has 0 saturated heterocycles. The van der Waals surface area contributed by atoms with Gasteiger partial charge in [0.2, 0.25) is 0 Å². The first-order chi connectivity index (χ1) is 7.72. The molecule has 0 saturated carbocycles. The number of carbonyl (C=O) groups excluding carboxylic acids is 1. The van der Waals surface area contributed by atoms with Gasteiger partial charge in [0, 0.05) is 4.90 Å². The fraction of sp³-hybridized carbons (Fsp3) is 0.462. The molecule has 1 aromatic carbocycles. The number of esters is 1. The molecule has 2 nitrogen and oxygen atoms in total. The smallest absolute Gasteiger partial charge is 0.339 e. The highest BCUT2D eigenvalue weighted by Gasteiger charge is 2.12. The summed E-state index contributed by atoms with van der Waals surface area (Å²) in [5.41, 5.74) is 1.94. The Kier molecular flexibility index (Phi) is 5.39. The first-order valence-corrected chi connectivity index (χ1v) is 6.64. The summed E-state index contributed by atoms with van der Waals surface area (Å²) in [5.74, 6) is 0.737. The van der Waals surface area contributed by atoms with Crippen LogP contribution < -0.4 is 0 Å². The number of ether oxygens (including phenoxy) is 1. The number of hydrogen-bond acceptors (Lipinski definition) is 3. The van der Waals surface area contributed by atoms with Crippen LogP contribution in [0.5, 0.6) is 0 Å². The lowest BCUT2D eigenvalue weighted by Crippen LogP contribution is -2.06. The average Bonchev–Trinajstić information content (AvgIpc) is 2.29. The Morgan fingerprint density at radius 3 is 2.62 bits per heavy atom. The Morgan fingerprint density at radius 2 is 2.06 bits per heavy atom. The highest BCUT2D eigenvalue weighted by Crippen LogP contribution is 2.25. The van der Waals surface area contributed by atoms with Crippen molar-refractivity contribution in [2.75, 3.05) is 12.4 Å². The van der Waals surface area contributed by atoms with Gasteiger partial charge in [0.15, 0.2) is 0 Å². The SMILES string of the molecule is CCOC(=O)c1ccc(CC)cc1SCC. The van der Waals surface area contributed by atoms with Gasteiger partial charge >= 0.3 is 5.97 Å². The summed E-state index contributed by atoms with van der Waals surface area (Å²) in [4.78, 5) is 12.7. The lowest BCUT2D eigenvalue weighted by Gasteiger charge is -2.09. The highest BCUT2D eigenvalue weighted by atomic mass is 32.2. The molecule has 0 radical (unpaired) electrons. The summed E-state index contributed by atoms with van der Waals surface area (Å²) in [6, 6.07) is 5.95. The van der Waals surface area contributed by atoms with Gasteiger partial charge in [-0.05, 0) is 36.8 Å². The molecule has 1 rings (SSSR count). The van der Waals surface area contributed by atoms with E-state index in [1.54, 1.807) is 11.8 Å². The monoisotopic (exact) mass is 238 g/mol. The Labute approximate surface area is 101 Å². The van der Waals surface area contributed by atoms with Crippen molar-refractivity contribution in [3.8, 4) is 0 Å². The maximum absolute atomic E-state index is 11.7. The molecule has 0 aliphatic heterocycles. The van der Waals surface area contributed by atoms with Gasteiger partial charge < -0.3 is 4.74 Å². The molecule has 88 valence electrons. The Morgan fingerprint density at radius 1 is 1.31 bits per heavy atom. The fourth-order valence-electron chi connectivity index (χ4n) is 1.44. The summed E-state index contributed by atoms with van der Waals surface area (Å²) in [6.45, 7) is 6.44. The molecule has 0 unspecified atom stereocenters. The van der Waals surface area contributed by atoms with Crippen molar-refractivity contribution in [2.45, 2.75) is 32.1 Å². The van der Waals surface area contributed by atoms with Gasteiger partial charge in [-0.25, -0.2) is 4.79 Å².